The van der Waals surface area contributed by atoms with Gasteiger partial charge in [-0.3, -0.25) is 4.79 Å². The van der Waals surface area contributed by atoms with Crippen molar-refractivity contribution in [3.05, 3.63) is 35.2 Å². The Labute approximate surface area is 146 Å². The van der Waals surface area contributed by atoms with E-state index < -0.39 is 5.92 Å². The summed E-state index contributed by atoms with van der Waals surface area (Å²) in [4.78, 5) is 17.2. The van der Waals surface area contributed by atoms with Crippen molar-refractivity contribution in [3.8, 4) is 5.88 Å². The normalized spacial score (nSPS) is 16.5. The Bertz CT molecular complexity index is 681. The van der Waals surface area contributed by atoms with Gasteiger partial charge in [-0.05, 0) is 31.9 Å². The molecule has 1 atom stereocenters. The lowest BCUT2D eigenvalue weighted by Gasteiger charge is -2.22. The first-order valence-electron chi connectivity index (χ1n) is 8.45. The SMILES string of the molecule is CC(C(=O)Nc1ccccc1)c1sc(NC2CCCCC2)nc1O. The standard InChI is InChI=1S/C18H23N3O2S/c1-12(16(22)19-13-8-4-2-5-9-13)15-17(23)21-18(24-15)20-14-10-6-3-7-11-14/h2,4-5,8-9,12,14,23H,3,6-7,10-11H2,1H3,(H,19,22)(H,20,21). The number of thiazole rings is 1. The van der Waals surface area contributed by atoms with Gasteiger partial charge in [0.1, 0.15) is 0 Å². The van der Waals surface area contributed by atoms with Gasteiger partial charge in [-0.1, -0.05) is 48.8 Å². The minimum atomic E-state index is -0.454. The fourth-order valence-corrected chi connectivity index (χ4v) is 3.97. The van der Waals surface area contributed by atoms with Crippen LogP contribution in [0.3, 0.4) is 0 Å². The number of carbonyl (C=O) groups is 1. The average molecular weight is 345 g/mol. The Hall–Kier alpha value is -2.08. The van der Waals surface area contributed by atoms with Gasteiger partial charge >= 0.3 is 0 Å². The minimum Gasteiger partial charge on any atom is -0.492 e. The summed E-state index contributed by atoms with van der Waals surface area (Å²) < 4.78 is 0. The molecule has 24 heavy (non-hydrogen) atoms. The molecular weight excluding hydrogens is 322 g/mol. The van der Waals surface area contributed by atoms with E-state index in [1.807, 2.05) is 30.3 Å². The topological polar surface area (TPSA) is 74.2 Å². The average Bonchev–Trinajstić information content (AvgIpc) is 2.96. The van der Waals surface area contributed by atoms with E-state index in [1.54, 1.807) is 6.92 Å². The number of nitrogens with zero attached hydrogens (tertiary/aromatic N) is 1. The van der Waals surface area contributed by atoms with Crippen LogP contribution in [0.25, 0.3) is 0 Å². The Morgan fingerprint density at radius 2 is 1.96 bits per heavy atom. The highest BCUT2D eigenvalue weighted by atomic mass is 32.1. The maximum absolute atomic E-state index is 12.4. The smallest absolute Gasteiger partial charge is 0.232 e. The lowest BCUT2D eigenvalue weighted by Crippen LogP contribution is -2.21. The van der Waals surface area contributed by atoms with Crippen molar-refractivity contribution in [1.29, 1.82) is 0 Å². The van der Waals surface area contributed by atoms with Crippen LogP contribution in [0.2, 0.25) is 0 Å². The molecule has 0 saturated heterocycles. The Balaban J connectivity index is 1.65. The molecule has 1 saturated carbocycles. The van der Waals surface area contributed by atoms with Crippen LogP contribution in [0.1, 0.15) is 49.8 Å². The molecule has 0 bridgehead atoms. The van der Waals surface area contributed by atoms with Crippen molar-refractivity contribution < 1.29 is 9.90 Å². The molecule has 1 aliphatic carbocycles. The monoisotopic (exact) mass is 345 g/mol. The number of aromatic hydroxyl groups is 1. The number of anilines is 2. The van der Waals surface area contributed by atoms with Crippen LogP contribution in [0, 0.1) is 0 Å². The number of rotatable bonds is 5. The predicted molar refractivity (Wildman–Crippen MR) is 97.8 cm³/mol. The molecule has 5 nitrogen and oxygen atoms in total. The van der Waals surface area contributed by atoms with Crippen LogP contribution in [0.5, 0.6) is 5.88 Å². The highest BCUT2D eigenvalue weighted by Gasteiger charge is 2.24. The number of amides is 1. The number of aromatic nitrogens is 1. The van der Waals surface area contributed by atoms with E-state index in [2.05, 4.69) is 15.6 Å². The fraction of sp³-hybridized carbons (Fsp3) is 0.444. The van der Waals surface area contributed by atoms with Crippen LogP contribution in [0.4, 0.5) is 10.8 Å². The van der Waals surface area contributed by atoms with Gasteiger partial charge in [0.2, 0.25) is 11.8 Å². The number of hydrogen-bond donors (Lipinski definition) is 3. The van der Waals surface area contributed by atoms with Crippen LogP contribution in [-0.2, 0) is 4.79 Å². The van der Waals surface area contributed by atoms with Crippen LogP contribution >= 0.6 is 11.3 Å². The summed E-state index contributed by atoms with van der Waals surface area (Å²) in [5.41, 5.74) is 0.749. The molecule has 1 aromatic heterocycles. The van der Waals surface area contributed by atoms with Gasteiger partial charge in [0.15, 0.2) is 5.13 Å². The third kappa shape index (κ3) is 4.06. The molecule has 6 heteroatoms. The van der Waals surface area contributed by atoms with Crippen molar-refractivity contribution in [1.82, 2.24) is 4.98 Å². The molecule has 0 spiro atoms. The summed E-state index contributed by atoms with van der Waals surface area (Å²) >= 11 is 1.37. The van der Waals surface area contributed by atoms with E-state index in [9.17, 15) is 9.90 Å². The molecule has 1 aliphatic rings. The molecule has 0 aliphatic heterocycles. The third-order valence-electron chi connectivity index (χ3n) is 4.40. The first-order chi connectivity index (χ1) is 11.6. The first kappa shape index (κ1) is 16.8. The van der Waals surface area contributed by atoms with Crippen LogP contribution < -0.4 is 10.6 Å². The lowest BCUT2D eigenvalue weighted by molar-refractivity contribution is -0.117. The molecule has 1 unspecified atom stereocenters. The summed E-state index contributed by atoms with van der Waals surface area (Å²) in [5.74, 6) is -0.650. The molecule has 1 amide bonds. The first-order valence-corrected chi connectivity index (χ1v) is 9.27. The summed E-state index contributed by atoms with van der Waals surface area (Å²) in [6.07, 6.45) is 6.04. The molecular formula is C18H23N3O2S. The van der Waals surface area contributed by atoms with E-state index in [0.717, 1.165) is 18.5 Å². The molecule has 1 fully saturated rings. The van der Waals surface area contributed by atoms with E-state index in [1.165, 1.54) is 30.6 Å². The van der Waals surface area contributed by atoms with Gasteiger partial charge in [-0.15, -0.1) is 0 Å². The number of nitrogens with one attached hydrogen (secondary N) is 2. The van der Waals surface area contributed by atoms with E-state index in [0.29, 0.717) is 16.1 Å². The summed E-state index contributed by atoms with van der Waals surface area (Å²) in [7, 11) is 0. The van der Waals surface area contributed by atoms with Crippen LogP contribution in [-0.4, -0.2) is 22.0 Å². The van der Waals surface area contributed by atoms with Gasteiger partial charge in [0, 0.05) is 11.7 Å². The molecule has 1 heterocycles. The van der Waals surface area contributed by atoms with Gasteiger partial charge in [0.25, 0.3) is 0 Å². The molecule has 2 aromatic rings. The zero-order valence-corrected chi connectivity index (χ0v) is 14.6. The maximum Gasteiger partial charge on any atom is 0.232 e. The van der Waals surface area contributed by atoms with Crippen molar-refractivity contribution >= 4 is 28.1 Å². The van der Waals surface area contributed by atoms with Crippen LogP contribution in [0.15, 0.2) is 30.3 Å². The fourth-order valence-electron chi connectivity index (χ4n) is 2.98. The zero-order valence-electron chi connectivity index (χ0n) is 13.8. The van der Waals surface area contributed by atoms with Gasteiger partial charge in [0.05, 0.1) is 10.8 Å². The summed E-state index contributed by atoms with van der Waals surface area (Å²) in [6.45, 7) is 1.79. The maximum atomic E-state index is 12.4. The van der Waals surface area contributed by atoms with Crippen molar-refractivity contribution in [2.45, 2.75) is 51.0 Å². The zero-order chi connectivity index (χ0) is 16.9. The number of para-hydroxylation sites is 1. The largest absolute Gasteiger partial charge is 0.492 e. The molecule has 0 radical (unpaired) electrons. The molecule has 3 N–H and O–H groups in total. The van der Waals surface area contributed by atoms with E-state index >= 15 is 0 Å². The van der Waals surface area contributed by atoms with Crippen molar-refractivity contribution in [2.75, 3.05) is 10.6 Å². The Morgan fingerprint density at radius 3 is 2.67 bits per heavy atom. The number of carbonyl (C=O) groups excluding carboxylic acids is 1. The molecule has 128 valence electrons. The van der Waals surface area contributed by atoms with E-state index in [-0.39, 0.29) is 11.8 Å². The Kier molecular flexibility index (Phi) is 5.35. The summed E-state index contributed by atoms with van der Waals surface area (Å²) in [6, 6.07) is 9.75. The second-order valence-corrected chi connectivity index (χ2v) is 7.29. The quantitative estimate of drug-likeness (QED) is 0.754. The third-order valence-corrected chi connectivity index (χ3v) is 5.55. The van der Waals surface area contributed by atoms with Gasteiger partial charge in [-0.25, -0.2) is 0 Å². The number of benzene rings is 1. The minimum absolute atomic E-state index is 0.0472. The van der Waals surface area contributed by atoms with E-state index in [4.69, 9.17) is 0 Å². The van der Waals surface area contributed by atoms with Crippen molar-refractivity contribution in [2.24, 2.45) is 0 Å². The molecule has 1 aromatic carbocycles. The predicted octanol–water partition coefficient (Wildman–Crippen LogP) is 4.34. The second-order valence-electron chi connectivity index (χ2n) is 6.26. The Morgan fingerprint density at radius 1 is 1.25 bits per heavy atom. The highest BCUT2D eigenvalue weighted by Crippen LogP contribution is 2.36. The molecule has 3 rings (SSSR count). The highest BCUT2D eigenvalue weighted by molar-refractivity contribution is 7.16. The second kappa shape index (κ2) is 7.66. The van der Waals surface area contributed by atoms with Crippen molar-refractivity contribution in [3.63, 3.8) is 0 Å². The van der Waals surface area contributed by atoms with Gasteiger partial charge < -0.3 is 15.7 Å². The summed E-state index contributed by atoms with van der Waals surface area (Å²) in [5, 5.41) is 17.1. The number of hydrogen-bond acceptors (Lipinski definition) is 5. The van der Waals surface area contributed by atoms with Gasteiger partial charge in [-0.2, -0.15) is 4.98 Å². The lowest BCUT2D eigenvalue weighted by atomic mass is 9.96.